The molecule has 1 aromatic carbocycles. The molecule has 0 aliphatic heterocycles. The lowest BCUT2D eigenvalue weighted by molar-refractivity contribution is -0.141. The summed E-state index contributed by atoms with van der Waals surface area (Å²) in [6.45, 7) is 1.14. The van der Waals surface area contributed by atoms with Crippen LogP contribution in [0.4, 0.5) is 0 Å². The molecule has 2 rings (SSSR count). The SMILES string of the molecule is CCOC(=O)CNC(=O)c1cc(=O)n(-c2cc(S(=O)(=O)O)ccc2S(=O)(=O)O)[nH]1. The van der Waals surface area contributed by atoms with Gasteiger partial charge in [-0.25, -0.2) is 4.68 Å². The highest BCUT2D eigenvalue weighted by molar-refractivity contribution is 7.86. The van der Waals surface area contributed by atoms with E-state index in [9.17, 15) is 35.8 Å². The van der Waals surface area contributed by atoms with Crippen molar-refractivity contribution in [3.05, 3.63) is 40.3 Å². The number of hydrogen-bond donors (Lipinski definition) is 4. The predicted molar refractivity (Wildman–Crippen MR) is 95.0 cm³/mol. The maximum Gasteiger partial charge on any atom is 0.325 e. The molecule has 0 fully saturated rings. The van der Waals surface area contributed by atoms with Gasteiger partial charge in [-0.1, -0.05) is 0 Å². The molecule has 1 aromatic heterocycles. The molecular weight excluding hydrogens is 434 g/mol. The minimum Gasteiger partial charge on any atom is -0.465 e. The molecule has 15 heteroatoms. The Balaban J connectivity index is 2.51. The van der Waals surface area contributed by atoms with Gasteiger partial charge in [0.05, 0.1) is 17.2 Å². The normalized spacial score (nSPS) is 11.8. The summed E-state index contributed by atoms with van der Waals surface area (Å²) in [5, 5.41) is 4.39. The van der Waals surface area contributed by atoms with Crippen LogP contribution in [0.3, 0.4) is 0 Å². The number of carbonyl (C=O) groups is 2. The number of carbonyl (C=O) groups excluding carboxylic acids is 2. The maximum atomic E-state index is 12.2. The Bertz CT molecular complexity index is 1220. The summed E-state index contributed by atoms with van der Waals surface area (Å²) in [5.74, 6) is -1.66. The van der Waals surface area contributed by atoms with Crippen molar-refractivity contribution in [2.45, 2.75) is 16.7 Å². The van der Waals surface area contributed by atoms with E-state index in [-0.39, 0.29) is 6.61 Å². The van der Waals surface area contributed by atoms with Gasteiger partial charge in [0.15, 0.2) is 0 Å². The highest BCUT2D eigenvalue weighted by Crippen LogP contribution is 2.22. The highest BCUT2D eigenvalue weighted by Gasteiger charge is 2.23. The number of amides is 1. The fourth-order valence-corrected chi connectivity index (χ4v) is 3.36. The molecule has 1 amide bonds. The Morgan fingerprint density at radius 1 is 1.14 bits per heavy atom. The number of benzene rings is 1. The first-order chi connectivity index (χ1) is 13.3. The third-order valence-electron chi connectivity index (χ3n) is 3.41. The van der Waals surface area contributed by atoms with Gasteiger partial charge < -0.3 is 10.1 Å². The van der Waals surface area contributed by atoms with Gasteiger partial charge in [-0.2, -0.15) is 16.8 Å². The van der Waals surface area contributed by atoms with Crippen molar-refractivity contribution in [2.24, 2.45) is 0 Å². The molecule has 1 heterocycles. The maximum absolute atomic E-state index is 12.2. The van der Waals surface area contributed by atoms with Crippen molar-refractivity contribution in [3.8, 4) is 5.69 Å². The molecule has 0 aliphatic rings. The van der Waals surface area contributed by atoms with Crippen LogP contribution in [0, 0.1) is 0 Å². The average Bonchev–Trinajstić information content (AvgIpc) is 2.99. The number of nitrogens with zero attached hydrogens (tertiary/aromatic N) is 1. The van der Waals surface area contributed by atoms with Crippen LogP contribution in [-0.4, -0.2) is 60.7 Å². The fraction of sp³-hybridized carbons (Fsp3) is 0.214. The Kier molecular flexibility index (Phi) is 6.27. The van der Waals surface area contributed by atoms with E-state index in [1.165, 1.54) is 0 Å². The number of hydrogen-bond acceptors (Lipinski definition) is 8. The third-order valence-corrected chi connectivity index (χ3v) is 5.16. The summed E-state index contributed by atoms with van der Waals surface area (Å²) in [6, 6.07) is 2.70. The monoisotopic (exact) mass is 449 g/mol. The molecule has 0 saturated heterocycles. The van der Waals surface area contributed by atoms with Crippen LogP contribution in [0.25, 0.3) is 5.69 Å². The van der Waals surface area contributed by atoms with Gasteiger partial charge in [0, 0.05) is 6.07 Å². The van der Waals surface area contributed by atoms with Gasteiger partial charge in [-0.3, -0.25) is 28.6 Å². The smallest absolute Gasteiger partial charge is 0.325 e. The Labute approximate surface area is 163 Å². The number of nitrogens with one attached hydrogen (secondary N) is 2. The zero-order valence-corrected chi connectivity index (χ0v) is 16.3. The molecule has 29 heavy (non-hydrogen) atoms. The highest BCUT2D eigenvalue weighted by atomic mass is 32.2. The first-order valence-corrected chi connectivity index (χ1v) is 10.6. The van der Waals surface area contributed by atoms with E-state index in [4.69, 9.17) is 4.55 Å². The molecular formula is C14H15N3O10S2. The molecule has 0 bridgehead atoms. The molecule has 0 atom stereocenters. The van der Waals surface area contributed by atoms with Crippen molar-refractivity contribution in [3.63, 3.8) is 0 Å². The van der Waals surface area contributed by atoms with Gasteiger partial charge in [-0.05, 0) is 25.1 Å². The van der Waals surface area contributed by atoms with Crippen molar-refractivity contribution in [1.29, 1.82) is 0 Å². The fourth-order valence-electron chi connectivity index (χ4n) is 2.20. The largest absolute Gasteiger partial charge is 0.465 e. The van der Waals surface area contributed by atoms with E-state index >= 15 is 0 Å². The summed E-state index contributed by atoms with van der Waals surface area (Å²) in [6.07, 6.45) is 0. The summed E-state index contributed by atoms with van der Waals surface area (Å²) in [4.78, 5) is 33.9. The van der Waals surface area contributed by atoms with E-state index in [0.717, 1.165) is 6.07 Å². The van der Waals surface area contributed by atoms with Crippen LogP contribution in [0.5, 0.6) is 0 Å². The van der Waals surface area contributed by atoms with Gasteiger partial charge in [-0.15, -0.1) is 0 Å². The summed E-state index contributed by atoms with van der Waals surface area (Å²) < 4.78 is 69.3. The van der Waals surface area contributed by atoms with Gasteiger partial charge in [0.2, 0.25) is 0 Å². The van der Waals surface area contributed by atoms with E-state index < -0.39 is 65.4 Å². The van der Waals surface area contributed by atoms with Crippen molar-refractivity contribution >= 4 is 32.1 Å². The lowest BCUT2D eigenvalue weighted by Gasteiger charge is -2.09. The summed E-state index contributed by atoms with van der Waals surface area (Å²) in [5.41, 5.74) is -2.07. The zero-order valence-electron chi connectivity index (χ0n) is 14.6. The quantitative estimate of drug-likeness (QED) is 0.298. The van der Waals surface area contributed by atoms with Crippen molar-refractivity contribution < 1.29 is 40.3 Å². The molecule has 13 nitrogen and oxygen atoms in total. The molecule has 0 unspecified atom stereocenters. The van der Waals surface area contributed by atoms with Crippen LogP contribution in [-0.2, 0) is 29.8 Å². The second-order valence-corrected chi connectivity index (χ2v) is 8.22. The van der Waals surface area contributed by atoms with Crippen LogP contribution in [0.1, 0.15) is 17.4 Å². The van der Waals surface area contributed by atoms with Crippen LogP contribution >= 0.6 is 0 Å². The van der Waals surface area contributed by atoms with E-state index in [1.807, 2.05) is 0 Å². The Morgan fingerprint density at radius 2 is 1.79 bits per heavy atom. The molecule has 0 saturated carbocycles. The van der Waals surface area contributed by atoms with Gasteiger partial charge in [0.25, 0.3) is 31.7 Å². The minimum absolute atomic E-state index is 0.0877. The first-order valence-electron chi connectivity index (χ1n) is 7.70. The lowest BCUT2D eigenvalue weighted by atomic mass is 10.3. The lowest BCUT2D eigenvalue weighted by Crippen LogP contribution is -2.31. The molecule has 0 radical (unpaired) electrons. The third kappa shape index (κ3) is 5.29. The van der Waals surface area contributed by atoms with Gasteiger partial charge in [0.1, 0.15) is 17.1 Å². The van der Waals surface area contributed by atoms with E-state index in [1.54, 1.807) is 6.92 Å². The number of rotatable bonds is 7. The summed E-state index contributed by atoms with van der Waals surface area (Å²) >= 11 is 0. The van der Waals surface area contributed by atoms with Crippen LogP contribution in [0.2, 0.25) is 0 Å². The van der Waals surface area contributed by atoms with E-state index in [0.29, 0.717) is 22.9 Å². The minimum atomic E-state index is -4.92. The molecule has 2 aromatic rings. The Hall–Kier alpha value is -3.01. The number of esters is 1. The van der Waals surface area contributed by atoms with Crippen LogP contribution < -0.4 is 10.9 Å². The Morgan fingerprint density at radius 3 is 2.34 bits per heavy atom. The molecule has 158 valence electrons. The molecule has 0 spiro atoms. The standard InChI is InChI=1S/C14H15N3O10S2/c1-2-27-13(19)7-15-14(20)9-6-12(18)17(16-9)10-5-8(28(21,22)23)3-4-11(10)29(24,25)26/h3-6,16H,2,7H2,1H3,(H,15,20)(H,21,22,23)(H,24,25,26). The zero-order chi connectivity index (χ0) is 22.0. The van der Waals surface area contributed by atoms with Crippen molar-refractivity contribution in [1.82, 2.24) is 15.1 Å². The van der Waals surface area contributed by atoms with Crippen LogP contribution in [0.15, 0.2) is 38.9 Å². The van der Waals surface area contributed by atoms with Gasteiger partial charge >= 0.3 is 5.97 Å². The second-order valence-electron chi connectivity index (χ2n) is 5.41. The first kappa shape index (κ1) is 22.3. The van der Waals surface area contributed by atoms with Crippen molar-refractivity contribution in [2.75, 3.05) is 13.2 Å². The number of H-pyrrole nitrogens is 1. The summed E-state index contributed by atoms with van der Waals surface area (Å²) in [7, 11) is -9.70. The molecule has 4 N–H and O–H groups in total. The molecule has 0 aliphatic carbocycles. The topological polar surface area (TPSA) is 202 Å². The second kappa shape index (κ2) is 8.16. The number of aromatic nitrogens is 2. The number of ether oxygens (including phenoxy) is 1. The van der Waals surface area contributed by atoms with E-state index in [2.05, 4.69) is 15.2 Å². The average molecular weight is 449 g/mol. The number of aromatic amines is 1. The predicted octanol–water partition coefficient (Wildman–Crippen LogP) is -1.05.